The fourth-order valence-electron chi connectivity index (χ4n) is 4.47. The van der Waals surface area contributed by atoms with Gasteiger partial charge in [-0.3, -0.25) is 0 Å². The van der Waals surface area contributed by atoms with Gasteiger partial charge in [0.25, 0.3) is 0 Å². The second-order valence-corrected chi connectivity index (χ2v) is 10.8. The molecule has 4 rings (SSSR count). The summed E-state index contributed by atoms with van der Waals surface area (Å²) in [5.41, 5.74) is 2.07. The van der Waals surface area contributed by atoms with Crippen molar-refractivity contribution < 1.29 is 41.7 Å². The van der Waals surface area contributed by atoms with E-state index in [2.05, 4.69) is 11.7 Å². The molecule has 1 aliphatic rings. The number of rotatable bonds is 16. The van der Waals surface area contributed by atoms with E-state index in [0.717, 1.165) is 51.3 Å². The molecular formula is C33H37F3O6. The highest BCUT2D eigenvalue weighted by Crippen LogP contribution is 2.28. The van der Waals surface area contributed by atoms with Crippen LogP contribution in [0.4, 0.5) is 13.2 Å². The molecule has 0 amide bonds. The van der Waals surface area contributed by atoms with Crippen LogP contribution in [0, 0.1) is 5.41 Å². The summed E-state index contributed by atoms with van der Waals surface area (Å²) in [6.45, 7) is 6.04. The molecule has 3 aromatic carbocycles. The first-order valence-corrected chi connectivity index (χ1v) is 14.3. The van der Waals surface area contributed by atoms with Gasteiger partial charge in [-0.25, -0.2) is 4.79 Å². The fraction of sp³-hybridized carbons (Fsp3) is 0.424. The summed E-state index contributed by atoms with van der Waals surface area (Å²) in [6.07, 6.45) is 1.97. The molecule has 6 nitrogen and oxygen atoms in total. The molecule has 9 heteroatoms. The van der Waals surface area contributed by atoms with Crippen molar-refractivity contribution in [1.82, 2.24) is 0 Å². The first-order valence-electron chi connectivity index (χ1n) is 14.3. The summed E-state index contributed by atoms with van der Waals surface area (Å²) in [7, 11) is 0. The number of alkyl halides is 3. The maximum atomic E-state index is 12.6. The van der Waals surface area contributed by atoms with Crippen molar-refractivity contribution in [3.8, 4) is 28.4 Å². The Morgan fingerprint density at radius 2 is 1.26 bits per heavy atom. The average Bonchev–Trinajstić information content (AvgIpc) is 2.95. The first-order chi connectivity index (χ1) is 20.2. The normalized spacial score (nSPS) is 14.2. The first kappa shape index (κ1) is 31.4. The molecular weight excluding hydrogens is 549 g/mol. The van der Waals surface area contributed by atoms with Crippen LogP contribution < -0.4 is 14.2 Å². The molecule has 0 bridgehead atoms. The van der Waals surface area contributed by atoms with Gasteiger partial charge >= 0.3 is 12.3 Å². The molecule has 1 fully saturated rings. The third-order valence-electron chi connectivity index (χ3n) is 6.88. The molecule has 0 unspecified atom stereocenters. The number of hydrogen-bond donors (Lipinski definition) is 0. The second-order valence-electron chi connectivity index (χ2n) is 10.8. The van der Waals surface area contributed by atoms with Crippen LogP contribution in [0.3, 0.4) is 0 Å². The third kappa shape index (κ3) is 10.4. The summed E-state index contributed by atoms with van der Waals surface area (Å²) >= 11 is 0. The molecule has 0 atom stereocenters. The van der Waals surface area contributed by atoms with Crippen LogP contribution in [0.15, 0.2) is 72.8 Å². The van der Waals surface area contributed by atoms with E-state index in [1.807, 2.05) is 0 Å². The molecule has 0 saturated carbocycles. The standard InChI is InChI=1S/C33H37F3O6/c1-32(23-39-24-32)22-38-20-6-4-2-3-5-7-21-40-28-14-12-27(13-15-28)31(37)41-29-16-8-25(9-17-29)26-10-18-30(19-11-26)42-33(34,35)36/h8-19H,2-7,20-24H2,1H3. The molecule has 0 radical (unpaired) electrons. The molecule has 3 aromatic rings. The van der Waals surface area contributed by atoms with E-state index >= 15 is 0 Å². The zero-order chi connectivity index (χ0) is 29.8. The lowest BCUT2D eigenvalue weighted by atomic mass is 9.90. The van der Waals surface area contributed by atoms with Gasteiger partial charge in [-0.1, -0.05) is 56.9 Å². The van der Waals surface area contributed by atoms with Crippen LogP contribution >= 0.6 is 0 Å². The van der Waals surface area contributed by atoms with Crippen molar-refractivity contribution in [3.05, 3.63) is 78.4 Å². The van der Waals surface area contributed by atoms with Crippen molar-refractivity contribution in [2.24, 2.45) is 5.41 Å². The average molecular weight is 587 g/mol. The van der Waals surface area contributed by atoms with Crippen LogP contribution in [0.25, 0.3) is 11.1 Å². The Kier molecular flexibility index (Phi) is 11.3. The summed E-state index contributed by atoms with van der Waals surface area (Å²) < 4.78 is 63.2. The second kappa shape index (κ2) is 15.1. The van der Waals surface area contributed by atoms with Crippen molar-refractivity contribution in [3.63, 3.8) is 0 Å². The highest BCUT2D eigenvalue weighted by Gasteiger charge is 2.33. The molecule has 1 aliphatic heterocycles. The van der Waals surface area contributed by atoms with Gasteiger partial charge in [0.2, 0.25) is 0 Å². The minimum Gasteiger partial charge on any atom is -0.494 e. The molecule has 0 N–H and O–H groups in total. The Morgan fingerprint density at radius 1 is 0.738 bits per heavy atom. The van der Waals surface area contributed by atoms with E-state index in [1.165, 1.54) is 43.5 Å². The molecule has 1 saturated heterocycles. The topological polar surface area (TPSA) is 63.2 Å². The number of halogens is 3. The third-order valence-corrected chi connectivity index (χ3v) is 6.88. The Balaban J connectivity index is 1.09. The number of ether oxygens (including phenoxy) is 5. The highest BCUT2D eigenvalue weighted by molar-refractivity contribution is 5.91. The van der Waals surface area contributed by atoms with Crippen molar-refractivity contribution in [1.29, 1.82) is 0 Å². The maximum Gasteiger partial charge on any atom is 0.573 e. The minimum absolute atomic E-state index is 0.223. The number of esters is 1. The van der Waals surface area contributed by atoms with Crippen LogP contribution in [0.5, 0.6) is 17.2 Å². The summed E-state index contributed by atoms with van der Waals surface area (Å²) in [5.74, 6) is 0.262. The van der Waals surface area contributed by atoms with E-state index in [4.69, 9.17) is 18.9 Å². The minimum atomic E-state index is -4.74. The van der Waals surface area contributed by atoms with Gasteiger partial charge in [0.15, 0.2) is 0 Å². The van der Waals surface area contributed by atoms with Crippen LogP contribution in [-0.2, 0) is 9.47 Å². The van der Waals surface area contributed by atoms with E-state index in [-0.39, 0.29) is 11.2 Å². The number of benzene rings is 3. The fourth-order valence-corrected chi connectivity index (χ4v) is 4.47. The molecule has 0 aliphatic carbocycles. The quantitative estimate of drug-likeness (QED) is 0.0957. The van der Waals surface area contributed by atoms with E-state index in [1.54, 1.807) is 48.5 Å². The number of carbonyl (C=O) groups is 1. The highest BCUT2D eigenvalue weighted by atomic mass is 19.4. The van der Waals surface area contributed by atoms with E-state index in [0.29, 0.717) is 29.2 Å². The molecule has 42 heavy (non-hydrogen) atoms. The van der Waals surface area contributed by atoms with Crippen molar-refractivity contribution >= 4 is 5.97 Å². The van der Waals surface area contributed by atoms with Crippen LogP contribution in [0.1, 0.15) is 55.8 Å². The lowest BCUT2D eigenvalue weighted by molar-refractivity contribution is -0.274. The predicted molar refractivity (Wildman–Crippen MR) is 153 cm³/mol. The zero-order valence-electron chi connectivity index (χ0n) is 23.8. The Hall–Kier alpha value is -3.56. The Labute approximate surface area is 244 Å². The lowest BCUT2D eigenvalue weighted by Gasteiger charge is -2.37. The van der Waals surface area contributed by atoms with Gasteiger partial charge in [-0.05, 0) is 72.5 Å². The van der Waals surface area contributed by atoms with E-state index < -0.39 is 12.3 Å². The van der Waals surface area contributed by atoms with Crippen molar-refractivity contribution in [2.75, 3.05) is 33.0 Å². The predicted octanol–water partition coefficient (Wildman–Crippen LogP) is 8.24. The number of carbonyl (C=O) groups excluding carboxylic acids is 1. The van der Waals surface area contributed by atoms with Gasteiger partial charge in [-0.2, -0.15) is 0 Å². The molecule has 1 heterocycles. The Morgan fingerprint density at radius 3 is 1.81 bits per heavy atom. The SMILES string of the molecule is CC1(COCCCCCCCCOc2ccc(C(=O)Oc3ccc(-c4ccc(OC(F)(F)F)cc4)cc3)cc2)COC1. The largest absolute Gasteiger partial charge is 0.573 e. The molecule has 0 spiro atoms. The summed E-state index contributed by atoms with van der Waals surface area (Å²) in [5, 5.41) is 0. The summed E-state index contributed by atoms with van der Waals surface area (Å²) in [6, 6.07) is 19.1. The van der Waals surface area contributed by atoms with Gasteiger partial charge in [0.1, 0.15) is 17.2 Å². The van der Waals surface area contributed by atoms with Crippen LogP contribution in [-0.4, -0.2) is 45.4 Å². The van der Waals surface area contributed by atoms with Gasteiger partial charge < -0.3 is 23.7 Å². The summed E-state index contributed by atoms with van der Waals surface area (Å²) in [4.78, 5) is 12.6. The molecule has 0 aromatic heterocycles. The van der Waals surface area contributed by atoms with Gasteiger partial charge in [-0.15, -0.1) is 13.2 Å². The number of hydrogen-bond acceptors (Lipinski definition) is 6. The Bertz CT molecular complexity index is 1240. The van der Waals surface area contributed by atoms with Gasteiger partial charge in [0, 0.05) is 12.0 Å². The van der Waals surface area contributed by atoms with Gasteiger partial charge in [0.05, 0.1) is 32.0 Å². The number of unbranched alkanes of at least 4 members (excludes halogenated alkanes) is 5. The van der Waals surface area contributed by atoms with Crippen LogP contribution in [0.2, 0.25) is 0 Å². The molecule has 226 valence electrons. The smallest absolute Gasteiger partial charge is 0.494 e. The lowest BCUT2D eigenvalue weighted by Crippen LogP contribution is -2.43. The van der Waals surface area contributed by atoms with E-state index in [9.17, 15) is 18.0 Å². The van der Waals surface area contributed by atoms with Crippen molar-refractivity contribution in [2.45, 2.75) is 51.8 Å². The maximum absolute atomic E-state index is 12.6. The monoisotopic (exact) mass is 586 g/mol. The zero-order valence-corrected chi connectivity index (χ0v) is 23.8.